The number of anilines is 2. The van der Waals surface area contributed by atoms with E-state index < -0.39 is 0 Å². The van der Waals surface area contributed by atoms with Gasteiger partial charge in [-0.05, 0) is 24.7 Å². The third kappa shape index (κ3) is 3.85. The van der Waals surface area contributed by atoms with E-state index in [1.54, 1.807) is 18.2 Å². The number of hydrogen-bond donors (Lipinski definition) is 3. The van der Waals surface area contributed by atoms with E-state index in [4.69, 9.17) is 16.2 Å². The second-order valence-electron chi connectivity index (χ2n) is 4.98. The number of nitrogens with one attached hydrogen (secondary N) is 1. The third-order valence-electron chi connectivity index (χ3n) is 3.40. The SMILES string of the molecule is CCN1CCOC(CNC(=O)c2cc(N)cc(N)c2)C1. The van der Waals surface area contributed by atoms with Crippen molar-refractivity contribution in [3.63, 3.8) is 0 Å². The highest BCUT2D eigenvalue weighted by molar-refractivity contribution is 5.96. The van der Waals surface area contributed by atoms with Crippen LogP contribution < -0.4 is 16.8 Å². The van der Waals surface area contributed by atoms with Gasteiger partial charge in [-0.3, -0.25) is 9.69 Å². The van der Waals surface area contributed by atoms with Gasteiger partial charge < -0.3 is 21.5 Å². The van der Waals surface area contributed by atoms with Crippen molar-refractivity contribution in [2.24, 2.45) is 0 Å². The number of morpholine rings is 1. The number of likely N-dealkylation sites (N-methyl/N-ethyl adjacent to an activating group) is 1. The summed E-state index contributed by atoms with van der Waals surface area (Å²) in [5.41, 5.74) is 12.8. The van der Waals surface area contributed by atoms with Gasteiger partial charge in [0.05, 0.1) is 12.7 Å². The summed E-state index contributed by atoms with van der Waals surface area (Å²) in [5, 5.41) is 2.87. The lowest BCUT2D eigenvalue weighted by atomic mass is 10.1. The van der Waals surface area contributed by atoms with Crippen LogP contribution in [-0.2, 0) is 4.74 Å². The van der Waals surface area contributed by atoms with Gasteiger partial charge in [-0.2, -0.15) is 0 Å². The standard InChI is InChI=1S/C14H22N4O2/c1-2-18-3-4-20-13(9-18)8-17-14(19)10-5-11(15)7-12(16)6-10/h5-7,13H,2-4,8-9,15-16H2,1H3,(H,17,19). The Morgan fingerprint density at radius 1 is 1.40 bits per heavy atom. The number of benzene rings is 1. The minimum Gasteiger partial charge on any atom is -0.399 e. The van der Waals surface area contributed by atoms with E-state index in [0.29, 0.717) is 30.1 Å². The Hall–Kier alpha value is -1.79. The van der Waals surface area contributed by atoms with Gasteiger partial charge in [0.1, 0.15) is 0 Å². The molecule has 6 nitrogen and oxygen atoms in total. The summed E-state index contributed by atoms with van der Waals surface area (Å²) in [6.07, 6.45) is 0.0334. The Labute approximate surface area is 119 Å². The molecular weight excluding hydrogens is 256 g/mol. The number of nitrogen functional groups attached to an aromatic ring is 2. The molecule has 0 radical (unpaired) electrons. The third-order valence-corrected chi connectivity index (χ3v) is 3.40. The molecule has 1 aliphatic rings. The first-order valence-corrected chi connectivity index (χ1v) is 6.86. The first-order chi connectivity index (χ1) is 9.58. The number of ether oxygens (including phenoxy) is 1. The molecule has 1 heterocycles. The molecule has 1 aliphatic heterocycles. The van der Waals surface area contributed by atoms with Gasteiger partial charge in [0.2, 0.25) is 0 Å². The number of rotatable bonds is 4. The zero-order valence-electron chi connectivity index (χ0n) is 11.8. The molecule has 5 N–H and O–H groups in total. The minimum atomic E-state index is -0.179. The van der Waals surface area contributed by atoms with Crippen LogP contribution in [-0.4, -0.2) is 49.7 Å². The summed E-state index contributed by atoms with van der Waals surface area (Å²) >= 11 is 0. The lowest BCUT2D eigenvalue weighted by molar-refractivity contribution is -0.0246. The van der Waals surface area contributed by atoms with Gasteiger partial charge in [0.25, 0.3) is 5.91 Å². The van der Waals surface area contributed by atoms with Crippen molar-refractivity contribution in [3.8, 4) is 0 Å². The molecule has 6 heteroatoms. The van der Waals surface area contributed by atoms with E-state index in [2.05, 4.69) is 17.1 Å². The molecule has 1 unspecified atom stereocenters. The average Bonchev–Trinajstić information content (AvgIpc) is 2.44. The van der Waals surface area contributed by atoms with Gasteiger partial charge >= 0.3 is 0 Å². The molecule has 1 aromatic rings. The number of nitrogens with zero attached hydrogens (tertiary/aromatic N) is 1. The molecule has 110 valence electrons. The van der Waals surface area contributed by atoms with Gasteiger partial charge in [0, 0.05) is 36.6 Å². The lowest BCUT2D eigenvalue weighted by Crippen LogP contribution is -2.47. The molecule has 1 fully saturated rings. The highest BCUT2D eigenvalue weighted by atomic mass is 16.5. The monoisotopic (exact) mass is 278 g/mol. The molecule has 0 aliphatic carbocycles. The summed E-state index contributed by atoms with van der Waals surface area (Å²) in [6, 6.07) is 4.86. The largest absolute Gasteiger partial charge is 0.399 e. The van der Waals surface area contributed by atoms with E-state index in [1.165, 1.54) is 0 Å². The van der Waals surface area contributed by atoms with E-state index in [1.807, 2.05) is 0 Å². The highest BCUT2D eigenvalue weighted by Gasteiger charge is 2.20. The molecular formula is C14H22N4O2. The van der Waals surface area contributed by atoms with Crippen molar-refractivity contribution in [2.45, 2.75) is 13.0 Å². The average molecular weight is 278 g/mol. The zero-order valence-corrected chi connectivity index (χ0v) is 11.8. The van der Waals surface area contributed by atoms with E-state index >= 15 is 0 Å². The van der Waals surface area contributed by atoms with Crippen LogP contribution in [0.25, 0.3) is 0 Å². The Morgan fingerprint density at radius 2 is 2.10 bits per heavy atom. The molecule has 20 heavy (non-hydrogen) atoms. The lowest BCUT2D eigenvalue weighted by Gasteiger charge is -2.32. The molecule has 1 atom stereocenters. The maximum Gasteiger partial charge on any atom is 0.251 e. The Kier molecular flexibility index (Phi) is 4.81. The molecule has 0 saturated carbocycles. The van der Waals surface area contributed by atoms with E-state index in [0.717, 1.165) is 19.6 Å². The van der Waals surface area contributed by atoms with E-state index in [9.17, 15) is 4.79 Å². The van der Waals surface area contributed by atoms with Crippen LogP contribution in [0.5, 0.6) is 0 Å². The van der Waals surface area contributed by atoms with Gasteiger partial charge in [0.15, 0.2) is 0 Å². The van der Waals surface area contributed by atoms with Crippen LogP contribution >= 0.6 is 0 Å². The zero-order chi connectivity index (χ0) is 14.5. The quantitative estimate of drug-likeness (QED) is 0.689. The first kappa shape index (κ1) is 14.6. The predicted octanol–water partition coefficient (Wildman–Crippen LogP) is 0.302. The highest BCUT2D eigenvalue weighted by Crippen LogP contribution is 2.13. The van der Waals surface area contributed by atoms with Crippen molar-refractivity contribution in [1.82, 2.24) is 10.2 Å². The normalized spacial score (nSPS) is 19.8. The molecule has 0 aromatic heterocycles. The smallest absolute Gasteiger partial charge is 0.251 e. The van der Waals surface area contributed by atoms with Crippen molar-refractivity contribution in [1.29, 1.82) is 0 Å². The summed E-state index contributed by atoms with van der Waals surface area (Å²) in [6.45, 7) is 6.11. The number of hydrogen-bond acceptors (Lipinski definition) is 5. The predicted molar refractivity (Wildman–Crippen MR) is 79.5 cm³/mol. The fourth-order valence-corrected chi connectivity index (χ4v) is 2.31. The maximum absolute atomic E-state index is 12.1. The summed E-state index contributed by atoms with van der Waals surface area (Å²) in [7, 11) is 0. The maximum atomic E-state index is 12.1. The summed E-state index contributed by atoms with van der Waals surface area (Å²) < 4.78 is 5.64. The molecule has 1 amide bonds. The topological polar surface area (TPSA) is 93.6 Å². The van der Waals surface area contributed by atoms with Gasteiger partial charge in [-0.15, -0.1) is 0 Å². The van der Waals surface area contributed by atoms with Crippen LogP contribution in [0.4, 0.5) is 11.4 Å². The fraction of sp³-hybridized carbons (Fsp3) is 0.500. The summed E-state index contributed by atoms with van der Waals surface area (Å²) in [5.74, 6) is -0.179. The van der Waals surface area contributed by atoms with Crippen LogP contribution in [0.2, 0.25) is 0 Å². The molecule has 1 aromatic carbocycles. The van der Waals surface area contributed by atoms with E-state index in [-0.39, 0.29) is 12.0 Å². The Bertz CT molecular complexity index is 458. The van der Waals surface area contributed by atoms with Crippen molar-refractivity contribution >= 4 is 17.3 Å². The summed E-state index contributed by atoms with van der Waals surface area (Å²) in [4.78, 5) is 14.4. The van der Waals surface area contributed by atoms with Crippen molar-refractivity contribution in [2.75, 3.05) is 44.3 Å². The van der Waals surface area contributed by atoms with Crippen LogP contribution in [0, 0.1) is 0 Å². The number of amides is 1. The Morgan fingerprint density at radius 3 is 2.75 bits per heavy atom. The molecule has 0 bridgehead atoms. The molecule has 0 spiro atoms. The van der Waals surface area contributed by atoms with Gasteiger partial charge in [-0.1, -0.05) is 6.92 Å². The second-order valence-corrected chi connectivity index (χ2v) is 4.98. The van der Waals surface area contributed by atoms with Crippen LogP contribution in [0.15, 0.2) is 18.2 Å². The molecule has 1 saturated heterocycles. The van der Waals surface area contributed by atoms with Crippen LogP contribution in [0.3, 0.4) is 0 Å². The van der Waals surface area contributed by atoms with Crippen molar-refractivity contribution in [3.05, 3.63) is 23.8 Å². The second kappa shape index (κ2) is 6.58. The fourth-order valence-electron chi connectivity index (χ4n) is 2.31. The molecule has 2 rings (SSSR count). The van der Waals surface area contributed by atoms with Gasteiger partial charge in [-0.25, -0.2) is 0 Å². The van der Waals surface area contributed by atoms with Crippen LogP contribution in [0.1, 0.15) is 17.3 Å². The minimum absolute atomic E-state index is 0.0334. The number of carbonyl (C=O) groups is 1. The number of carbonyl (C=O) groups excluding carboxylic acids is 1. The number of nitrogens with two attached hydrogens (primary N) is 2. The first-order valence-electron chi connectivity index (χ1n) is 6.86. The van der Waals surface area contributed by atoms with Crippen molar-refractivity contribution < 1.29 is 9.53 Å². The Balaban J connectivity index is 1.88.